The number of H-pyrrole nitrogens is 1. The summed E-state index contributed by atoms with van der Waals surface area (Å²) in [6.07, 6.45) is 8.13. The van der Waals surface area contributed by atoms with Gasteiger partial charge in [-0.05, 0) is 37.4 Å². The van der Waals surface area contributed by atoms with Crippen molar-refractivity contribution in [1.82, 2.24) is 43.4 Å². The second-order valence-electron chi connectivity index (χ2n) is 11.0. The van der Waals surface area contributed by atoms with E-state index in [2.05, 4.69) is 61.0 Å². The van der Waals surface area contributed by atoms with Crippen molar-refractivity contribution in [1.29, 1.82) is 0 Å². The van der Waals surface area contributed by atoms with E-state index >= 15 is 0 Å². The Morgan fingerprint density at radius 1 is 1.11 bits per heavy atom. The van der Waals surface area contributed by atoms with Gasteiger partial charge in [-0.2, -0.15) is 0 Å². The quantitative estimate of drug-likeness (QED) is 0.0753. The molecule has 5 aromatic rings. The lowest BCUT2D eigenvalue weighted by atomic mass is 9.68. The molecule has 7 rings (SSSR count). The van der Waals surface area contributed by atoms with Crippen LogP contribution in [0, 0.1) is 11.8 Å². The fourth-order valence-electron chi connectivity index (χ4n) is 6.03. The topological polar surface area (TPSA) is 229 Å². The minimum absolute atomic E-state index is 0.0726. The Labute approximate surface area is 269 Å². The molecule has 244 valence electrons. The van der Waals surface area contributed by atoms with Crippen LogP contribution in [-0.2, 0) is 27.4 Å². The van der Waals surface area contributed by atoms with Crippen molar-refractivity contribution in [3.8, 4) is 0 Å². The molecule has 1 saturated heterocycles. The highest BCUT2D eigenvalue weighted by atomic mass is 32.7. The Hall–Kier alpha value is -3.22. The molecule has 1 aliphatic carbocycles. The van der Waals surface area contributed by atoms with Gasteiger partial charge in [0.25, 0.3) is 5.56 Å². The van der Waals surface area contributed by atoms with Crippen molar-refractivity contribution in [3.05, 3.63) is 54.1 Å². The van der Waals surface area contributed by atoms with Gasteiger partial charge >= 0.3 is 13.6 Å². The molecule has 2 unspecified atom stereocenters. The summed E-state index contributed by atoms with van der Waals surface area (Å²) in [5.41, 5.74) is 7.24. The van der Waals surface area contributed by atoms with E-state index in [9.17, 15) is 18.8 Å². The lowest BCUT2D eigenvalue weighted by Gasteiger charge is -2.45. The Bertz CT molecular complexity index is 2130. The first kappa shape index (κ1) is 31.4. The number of nitrogen functional groups attached to an aromatic ring is 1. The third kappa shape index (κ3) is 5.88. The van der Waals surface area contributed by atoms with Crippen molar-refractivity contribution < 1.29 is 32.3 Å². The standard InChI is InChI=1S/C24H28N10O8P2S2/c1-12(17-13(7-39-43(36,37)45)6-15(17)33-10-29-18-20(25)27-9-28-21(18)33)42-44(38,46)40-8-14-2-3-16(41-14)34-11-30-19-22(34)31-24-26-4-5-32(24)23(19)35/h4-5,9-11,13-17H,1-3,6-8H2,(H,26,31)(H,38,46)(H2,25,27,28)(H2,36,37,45)/t13-,14+,15-,16-,17-,44?/m1/s1. The second-order valence-corrected chi connectivity index (χ2v) is 16.6. The van der Waals surface area contributed by atoms with Crippen LogP contribution in [0.5, 0.6) is 0 Å². The van der Waals surface area contributed by atoms with Gasteiger partial charge in [0.2, 0.25) is 5.78 Å². The number of aromatic amines is 1. The molecule has 2 aliphatic rings. The molecule has 1 saturated carbocycles. The molecule has 6 heterocycles. The Balaban J connectivity index is 1.02. The summed E-state index contributed by atoms with van der Waals surface area (Å²) in [4.78, 5) is 46.4. The van der Waals surface area contributed by atoms with Crippen LogP contribution in [0.2, 0.25) is 0 Å². The number of imidazole rings is 3. The monoisotopic (exact) mass is 710 g/mol. The molecule has 0 aromatic carbocycles. The molecule has 22 heteroatoms. The fourth-order valence-corrected chi connectivity index (χ4v) is 7.95. The van der Waals surface area contributed by atoms with Gasteiger partial charge in [0, 0.05) is 24.4 Å². The summed E-state index contributed by atoms with van der Waals surface area (Å²) < 4.78 is 52.5. The van der Waals surface area contributed by atoms with Crippen LogP contribution < -0.4 is 11.3 Å². The number of ether oxygens (including phenoxy) is 1. The third-order valence-corrected chi connectivity index (χ3v) is 10.5. The lowest BCUT2D eigenvalue weighted by molar-refractivity contribution is -0.0180. The maximum atomic E-state index is 13.4. The number of allylic oxidation sites excluding steroid dienone is 1. The van der Waals surface area contributed by atoms with Gasteiger partial charge in [0.15, 0.2) is 17.0 Å². The number of thiol groups is 2. The highest BCUT2D eigenvalue weighted by Gasteiger charge is 2.47. The summed E-state index contributed by atoms with van der Waals surface area (Å²) in [5, 5.41) is 0. The van der Waals surface area contributed by atoms with E-state index in [1.165, 1.54) is 23.3 Å². The lowest BCUT2D eigenvalue weighted by Crippen LogP contribution is -2.42. The Kier molecular flexibility index (Phi) is 8.04. The number of rotatable bonds is 11. The molecule has 1 aliphatic heterocycles. The highest BCUT2D eigenvalue weighted by molar-refractivity contribution is 8.44. The molecule has 0 radical (unpaired) electrons. The molecule has 46 heavy (non-hydrogen) atoms. The van der Waals surface area contributed by atoms with Crippen LogP contribution in [0.1, 0.15) is 31.5 Å². The zero-order valence-corrected chi connectivity index (χ0v) is 27.3. The average Bonchev–Trinajstić information content (AvgIpc) is 3.77. The molecule has 5 aromatic heterocycles. The predicted octanol–water partition coefficient (Wildman–Crippen LogP) is 3.28. The van der Waals surface area contributed by atoms with Crippen molar-refractivity contribution in [2.24, 2.45) is 11.8 Å². The van der Waals surface area contributed by atoms with E-state index in [0.717, 1.165) is 0 Å². The smallest absolute Gasteiger partial charge is 0.422 e. The normalized spacial score (nSPS) is 25.8. The molecule has 7 atom stereocenters. The number of anilines is 1. The summed E-state index contributed by atoms with van der Waals surface area (Å²) in [6, 6.07) is -0.342. The van der Waals surface area contributed by atoms with Gasteiger partial charge < -0.3 is 34.0 Å². The largest absolute Gasteiger partial charge is 0.436 e. The van der Waals surface area contributed by atoms with E-state index in [1.807, 2.05) is 0 Å². The number of fused-ring (bicyclic) bond motifs is 3. The Morgan fingerprint density at radius 2 is 1.89 bits per heavy atom. The van der Waals surface area contributed by atoms with Gasteiger partial charge in [0.05, 0.1) is 32.0 Å². The van der Waals surface area contributed by atoms with Crippen molar-refractivity contribution >= 4 is 72.0 Å². The van der Waals surface area contributed by atoms with E-state index in [1.54, 1.807) is 21.7 Å². The maximum Gasteiger partial charge on any atom is 0.436 e. The number of nitrogens with one attached hydrogen (secondary N) is 1. The number of hydrogen-bond acceptors (Lipinski definition) is 13. The van der Waals surface area contributed by atoms with Crippen molar-refractivity contribution in [3.63, 3.8) is 0 Å². The predicted molar refractivity (Wildman–Crippen MR) is 170 cm³/mol. The highest BCUT2D eigenvalue weighted by Crippen LogP contribution is 2.60. The van der Waals surface area contributed by atoms with E-state index < -0.39 is 31.8 Å². The van der Waals surface area contributed by atoms with Gasteiger partial charge in [-0.25, -0.2) is 38.5 Å². The van der Waals surface area contributed by atoms with E-state index in [0.29, 0.717) is 41.9 Å². The van der Waals surface area contributed by atoms with Crippen LogP contribution >= 0.6 is 38.1 Å². The van der Waals surface area contributed by atoms with E-state index in [4.69, 9.17) is 24.0 Å². The van der Waals surface area contributed by atoms with Gasteiger partial charge in [-0.1, -0.05) is 18.8 Å². The van der Waals surface area contributed by atoms with Gasteiger partial charge in [-0.15, -0.1) is 0 Å². The van der Waals surface area contributed by atoms with Crippen LogP contribution in [-0.4, -0.2) is 67.6 Å². The zero-order chi connectivity index (χ0) is 32.4. The molecular weight excluding hydrogens is 682 g/mol. The van der Waals surface area contributed by atoms with Crippen molar-refractivity contribution in [2.45, 2.75) is 37.6 Å². The minimum Gasteiger partial charge on any atom is -0.422 e. The molecule has 2 fully saturated rings. The number of nitrogens with zero attached hydrogens (tertiary/aromatic N) is 8. The first-order valence-corrected chi connectivity index (χ1v) is 19.4. The fraction of sp³-hybridized carbons (Fsp3) is 0.417. The zero-order valence-electron chi connectivity index (χ0n) is 23.8. The molecule has 18 nitrogen and oxygen atoms in total. The average molecular weight is 711 g/mol. The van der Waals surface area contributed by atoms with Crippen LogP contribution in [0.3, 0.4) is 0 Å². The third-order valence-electron chi connectivity index (χ3n) is 8.18. The Morgan fingerprint density at radius 3 is 2.70 bits per heavy atom. The molecular formula is C24H28N10O8P2S2. The maximum absolute atomic E-state index is 13.4. The summed E-state index contributed by atoms with van der Waals surface area (Å²) in [5.74, 6) is -0.247. The van der Waals surface area contributed by atoms with Crippen LogP contribution in [0.4, 0.5) is 5.82 Å². The first-order valence-electron chi connectivity index (χ1n) is 13.9. The number of nitrogens with two attached hydrogens (primary N) is 1. The number of aromatic nitrogens is 9. The van der Waals surface area contributed by atoms with Crippen LogP contribution in [0.15, 0.2) is 48.5 Å². The summed E-state index contributed by atoms with van der Waals surface area (Å²) in [6.45, 7) is -4.32. The molecule has 0 spiro atoms. The molecule has 4 N–H and O–H groups in total. The van der Waals surface area contributed by atoms with Crippen LogP contribution in [0.25, 0.3) is 28.1 Å². The minimum atomic E-state index is -4.06. The van der Waals surface area contributed by atoms with Gasteiger partial charge in [0.1, 0.15) is 29.5 Å². The van der Waals surface area contributed by atoms with Gasteiger partial charge in [-0.3, -0.25) is 13.9 Å². The second kappa shape index (κ2) is 11.8. The van der Waals surface area contributed by atoms with E-state index in [-0.39, 0.29) is 47.8 Å². The summed E-state index contributed by atoms with van der Waals surface area (Å²) >= 11 is 7.77. The first-order chi connectivity index (χ1) is 21.9. The molecule has 0 amide bonds. The molecule has 0 bridgehead atoms. The SMILES string of the molecule is C=C(OP(=O)(S)OC[C@@H]1CC[C@H](n2cnc3c(=O)n4ccnc4[nH]c32)O1)[C@@H]1[C@@H](COP(=O)(O)S)C[C@H]1n1cnc2c(N)ncnc21. The van der Waals surface area contributed by atoms with Crippen molar-refractivity contribution in [2.75, 3.05) is 18.9 Å². The summed E-state index contributed by atoms with van der Waals surface area (Å²) in [7, 11) is 0. The number of hydrogen-bond donors (Lipinski definition) is 5.